The van der Waals surface area contributed by atoms with Crippen molar-refractivity contribution in [3.8, 4) is 5.69 Å². The summed E-state index contributed by atoms with van der Waals surface area (Å²) in [6, 6.07) is 10.5. The number of hydrogen-bond donors (Lipinski definition) is 1. The number of hydrogen-bond acceptors (Lipinski definition) is 4. The van der Waals surface area contributed by atoms with E-state index in [1.807, 2.05) is 35.0 Å². The van der Waals surface area contributed by atoms with Crippen LogP contribution in [0.25, 0.3) is 5.69 Å². The van der Waals surface area contributed by atoms with Gasteiger partial charge in [-0.3, -0.25) is 0 Å². The minimum Gasteiger partial charge on any atom is -0.314 e. The molecule has 2 aromatic rings. The molecule has 0 spiro atoms. The highest BCUT2D eigenvalue weighted by atomic mass is 15.5. The lowest BCUT2D eigenvalue weighted by Gasteiger charge is -2.29. The second-order valence-electron chi connectivity index (χ2n) is 6.22. The number of para-hydroxylation sites is 1. The van der Waals surface area contributed by atoms with Crippen LogP contribution in [0.5, 0.6) is 0 Å². The quantitative estimate of drug-likeness (QED) is 0.850. The van der Waals surface area contributed by atoms with Gasteiger partial charge in [-0.05, 0) is 34.4 Å². The van der Waals surface area contributed by atoms with Gasteiger partial charge in [-0.2, -0.15) is 4.68 Å². The first-order valence-corrected chi connectivity index (χ1v) is 7.60. The average Bonchev–Trinajstić information content (AvgIpc) is 2.94. The van der Waals surface area contributed by atoms with Gasteiger partial charge in [0.25, 0.3) is 0 Å². The van der Waals surface area contributed by atoms with Crippen molar-refractivity contribution in [1.82, 2.24) is 25.5 Å². The maximum Gasteiger partial charge on any atom is 0.157 e. The van der Waals surface area contributed by atoms with Gasteiger partial charge in [0.15, 0.2) is 5.82 Å². The van der Waals surface area contributed by atoms with Gasteiger partial charge in [-0.15, -0.1) is 5.10 Å². The zero-order valence-corrected chi connectivity index (χ0v) is 13.4. The summed E-state index contributed by atoms with van der Waals surface area (Å²) < 4.78 is 1.84. The Morgan fingerprint density at radius 1 is 1.24 bits per heavy atom. The molecular weight excluding hydrogens is 262 g/mol. The fraction of sp³-hybridized carbons (Fsp3) is 0.562. The molecule has 1 aromatic carbocycles. The van der Waals surface area contributed by atoms with E-state index in [0.29, 0.717) is 6.04 Å². The summed E-state index contributed by atoms with van der Waals surface area (Å²) in [5.41, 5.74) is 1.15. The molecule has 21 heavy (non-hydrogen) atoms. The second kappa shape index (κ2) is 6.80. The minimum atomic E-state index is 0.144. The van der Waals surface area contributed by atoms with Crippen molar-refractivity contribution < 1.29 is 0 Å². The van der Waals surface area contributed by atoms with Crippen LogP contribution in [0.15, 0.2) is 30.3 Å². The third-order valence-corrected chi connectivity index (χ3v) is 3.91. The van der Waals surface area contributed by atoms with Crippen molar-refractivity contribution in [2.45, 2.75) is 46.6 Å². The normalized spacial score (nSPS) is 14.3. The lowest BCUT2D eigenvalue weighted by Crippen LogP contribution is -2.37. The molecule has 5 nitrogen and oxygen atoms in total. The molecule has 0 aliphatic heterocycles. The molecule has 1 unspecified atom stereocenters. The minimum absolute atomic E-state index is 0.144. The Morgan fingerprint density at radius 3 is 2.57 bits per heavy atom. The van der Waals surface area contributed by atoms with Crippen LogP contribution in [0.2, 0.25) is 0 Å². The molecule has 114 valence electrons. The lowest BCUT2D eigenvalue weighted by molar-refractivity contribution is 0.274. The molecule has 0 bridgehead atoms. The molecule has 5 heteroatoms. The largest absolute Gasteiger partial charge is 0.314 e. The maximum absolute atomic E-state index is 4.23. The first kappa shape index (κ1) is 15.6. The summed E-state index contributed by atoms with van der Waals surface area (Å²) in [6.07, 6.45) is 1.93. The van der Waals surface area contributed by atoms with Crippen molar-refractivity contribution in [2.24, 2.45) is 5.41 Å². The van der Waals surface area contributed by atoms with Gasteiger partial charge in [-0.25, -0.2) is 0 Å². The first-order valence-electron chi connectivity index (χ1n) is 7.60. The van der Waals surface area contributed by atoms with E-state index in [9.17, 15) is 0 Å². The zero-order chi connectivity index (χ0) is 15.3. The van der Waals surface area contributed by atoms with Crippen LogP contribution in [-0.4, -0.2) is 32.8 Å². The van der Waals surface area contributed by atoms with Crippen molar-refractivity contribution in [3.63, 3.8) is 0 Å². The van der Waals surface area contributed by atoms with Crippen LogP contribution in [0.1, 0.15) is 39.9 Å². The van der Waals surface area contributed by atoms with E-state index >= 15 is 0 Å². The third kappa shape index (κ3) is 4.11. The number of nitrogens with zero attached hydrogens (tertiary/aromatic N) is 4. The Hall–Kier alpha value is -1.75. The van der Waals surface area contributed by atoms with E-state index in [2.05, 4.69) is 48.5 Å². The number of nitrogens with one attached hydrogen (secondary N) is 1. The highest BCUT2D eigenvalue weighted by Gasteiger charge is 2.26. The Balaban J connectivity index is 2.17. The summed E-state index contributed by atoms with van der Waals surface area (Å²) in [5.74, 6) is 0.913. The fourth-order valence-electron chi connectivity index (χ4n) is 2.23. The lowest BCUT2D eigenvalue weighted by atomic mass is 9.83. The molecule has 0 aliphatic rings. The highest BCUT2D eigenvalue weighted by Crippen LogP contribution is 2.25. The first-order chi connectivity index (χ1) is 10.0. The summed E-state index contributed by atoms with van der Waals surface area (Å²) in [5, 5.41) is 15.7. The summed E-state index contributed by atoms with van der Waals surface area (Å²) in [4.78, 5) is 0. The van der Waals surface area contributed by atoms with E-state index < -0.39 is 0 Å². The molecule has 0 saturated heterocycles. The topological polar surface area (TPSA) is 55.6 Å². The monoisotopic (exact) mass is 287 g/mol. The van der Waals surface area contributed by atoms with Gasteiger partial charge in [0.2, 0.25) is 0 Å². The van der Waals surface area contributed by atoms with E-state index in [4.69, 9.17) is 0 Å². The van der Waals surface area contributed by atoms with Crippen LogP contribution in [0.4, 0.5) is 0 Å². The predicted octanol–water partition coefficient (Wildman–Crippen LogP) is 2.62. The van der Waals surface area contributed by atoms with Gasteiger partial charge in [-0.1, -0.05) is 45.9 Å². The van der Waals surface area contributed by atoms with E-state index in [0.717, 1.165) is 30.9 Å². The van der Waals surface area contributed by atoms with Gasteiger partial charge in [0.05, 0.1) is 5.69 Å². The molecule has 1 atom stereocenters. The van der Waals surface area contributed by atoms with Gasteiger partial charge in [0.1, 0.15) is 0 Å². The van der Waals surface area contributed by atoms with Crippen molar-refractivity contribution in [2.75, 3.05) is 6.54 Å². The number of tetrazole rings is 1. The van der Waals surface area contributed by atoms with Crippen molar-refractivity contribution in [3.05, 3.63) is 36.2 Å². The van der Waals surface area contributed by atoms with Crippen molar-refractivity contribution in [1.29, 1.82) is 0 Å². The summed E-state index contributed by atoms with van der Waals surface area (Å²) in [6.45, 7) is 9.81. The fourth-order valence-corrected chi connectivity index (χ4v) is 2.23. The molecule has 2 rings (SSSR count). The molecule has 1 N–H and O–H groups in total. The van der Waals surface area contributed by atoms with Gasteiger partial charge < -0.3 is 5.32 Å². The standard InChI is InChI=1S/C16H25N5/c1-5-16(4,12-17-13(2)3)11-15-18-19-20-21(15)14-9-7-6-8-10-14/h6-10,13,17H,5,11-12H2,1-4H3. The molecule has 0 saturated carbocycles. The number of aromatic nitrogens is 4. The van der Waals surface area contributed by atoms with E-state index in [-0.39, 0.29) is 5.41 Å². The van der Waals surface area contributed by atoms with Crippen LogP contribution in [0.3, 0.4) is 0 Å². The van der Waals surface area contributed by atoms with Crippen LogP contribution < -0.4 is 5.32 Å². The van der Waals surface area contributed by atoms with Crippen LogP contribution >= 0.6 is 0 Å². The Bertz CT molecular complexity index is 549. The van der Waals surface area contributed by atoms with Crippen LogP contribution in [-0.2, 0) is 6.42 Å². The van der Waals surface area contributed by atoms with Crippen molar-refractivity contribution >= 4 is 0 Å². The molecular formula is C16H25N5. The molecule has 0 radical (unpaired) electrons. The van der Waals surface area contributed by atoms with Crippen LogP contribution in [0, 0.1) is 5.41 Å². The predicted molar refractivity (Wildman–Crippen MR) is 84.4 cm³/mol. The number of benzene rings is 1. The zero-order valence-electron chi connectivity index (χ0n) is 13.4. The summed E-state index contributed by atoms with van der Waals surface area (Å²) in [7, 11) is 0. The Labute approximate surface area is 126 Å². The SMILES string of the molecule is CCC(C)(CNC(C)C)Cc1nnnn1-c1ccccc1. The molecule has 1 heterocycles. The molecule has 0 amide bonds. The smallest absolute Gasteiger partial charge is 0.157 e. The summed E-state index contributed by atoms with van der Waals surface area (Å²) >= 11 is 0. The molecule has 0 aliphatic carbocycles. The average molecular weight is 287 g/mol. The second-order valence-corrected chi connectivity index (χ2v) is 6.22. The maximum atomic E-state index is 4.23. The number of rotatable bonds is 7. The Morgan fingerprint density at radius 2 is 1.95 bits per heavy atom. The van der Waals surface area contributed by atoms with Gasteiger partial charge in [0, 0.05) is 19.0 Å². The van der Waals surface area contributed by atoms with E-state index in [1.54, 1.807) is 0 Å². The molecule has 1 aromatic heterocycles. The highest BCUT2D eigenvalue weighted by molar-refractivity contribution is 5.30. The molecule has 0 fully saturated rings. The van der Waals surface area contributed by atoms with Gasteiger partial charge >= 0.3 is 0 Å². The van der Waals surface area contributed by atoms with E-state index in [1.165, 1.54) is 0 Å². The Kier molecular flexibility index (Phi) is 5.07. The third-order valence-electron chi connectivity index (χ3n) is 3.91.